The number of esters is 1. The number of nitrogens with one attached hydrogen (secondary N) is 1. The van der Waals surface area contributed by atoms with Gasteiger partial charge in [0.05, 0.1) is 16.8 Å². The average molecular weight is 390 g/mol. The van der Waals surface area contributed by atoms with Crippen LogP contribution in [0.25, 0.3) is 0 Å². The highest BCUT2D eigenvalue weighted by Gasteiger charge is 2.23. The second-order valence-corrected chi connectivity index (χ2v) is 7.57. The van der Waals surface area contributed by atoms with Crippen LogP contribution in [0.4, 0.5) is 10.1 Å². The maximum Gasteiger partial charge on any atom is 0.319 e. The SMILES string of the molecule is CCCCC(=O)Nc1cc(SC(CC)C(=O)OC(C)C)c(Cl)cc1F. The van der Waals surface area contributed by atoms with Crippen LogP contribution < -0.4 is 5.32 Å². The molecule has 0 saturated heterocycles. The van der Waals surface area contributed by atoms with Crippen molar-refractivity contribution < 1.29 is 18.7 Å². The predicted octanol–water partition coefficient (Wildman–Crippen LogP) is 5.43. The van der Waals surface area contributed by atoms with E-state index in [0.717, 1.165) is 18.9 Å². The van der Waals surface area contributed by atoms with Crippen LogP contribution in [0.5, 0.6) is 0 Å². The number of thioether (sulfide) groups is 1. The zero-order valence-corrected chi connectivity index (χ0v) is 16.6. The summed E-state index contributed by atoms with van der Waals surface area (Å²) in [6, 6.07) is 2.62. The molecule has 1 N–H and O–H groups in total. The third-order valence-electron chi connectivity index (χ3n) is 3.31. The van der Waals surface area contributed by atoms with E-state index in [9.17, 15) is 14.0 Å². The van der Waals surface area contributed by atoms with Gasteiger partial charge in [-0.3, -0.25) is 9.59 Å². The number of hydrogen-bond acceptors (Lipinski definition) is 4. The molecule has 0 radical (unpaired) electrons. The van der Waals surface area contributed by atoms with Crippen molar-refractivity contribution in [2.24, 2.45) is 0 Å². The number of benzene rings is 1. The lowest BCUT2D eigenvalue weighted by atomic mass is 10.2. The first-order valence-corrected chi connectivity index (χ1v) is 9.70. The third-order valence-corrected chi connectivity index (χ3v) is 5.13. The molecule has 0 aliphatic heterocycles. The molecule has 0 bridgehead atoms. The Morgan fingerprint density at radius 2 is 2.00 bits per heavy atom. The molecule has 0 saturated carbocycles. The smallest absolute Gasteiger partial charge is 0.319 e. The van der Waals surface area contributed by atoms with Crippen molar-refractivity contribution in [2.45, 2.75) is 69.6 Å². The number of carbonyl (C=O) groups is 2. The molecule has 140 valence electrons. The Morgan fingerprint density at radius 1 is 1.32 bits per heavy atom. The topological polar surface area (TPSA) is 55.4 Å². The first-order valence-electron chi connectivity index (χ1n) is 8.44. The van der Waals surface area contributed by atoms with Gasteiger partial charge < -0.3 is 10.1 Å². The first kappa shape index (κ1) is 21.8. The number of anilines is 1. The van der Waals surface area contributed by atoms with Gasteiger partial charge in [-0.25, -0.2) is 4.39 Å². The van der Waals surface area contributed by atoms with Crippen molar-refractivity contribution in [3.8, 4) is 0 Å². The number of ether oxygens (including phenoxy) is 1. The zero-order chi connectivity index (χ0) is 19.0. The summed E-state index contributed by atoms with van der Waals surface area (Å²) in [5.74, 6) is -1.18. The Balaban J connectivity index is 2.93. The van der Waals surface area contributed by atoms with Crippen molar-refractivity contribution in [1.29, 1.82) is 0 Å². The summed E-state index contributed by atoms with van der Waals surface area (Å²) in [6.45, 7) is 7.41. The fourth-order valence-electron chi connectivity index (χ4n) is 2.02. The van der Waals surface area contributed by atoms with Gasteiger partial charge in [0, 0.05) is 11.3 Å². The van der Waals surface area contributed by atoms with Crippen molar-refractivity contribution in [2.75, 3.05) is 5.32 Å². The van der Waals surface area contributed by atoms with E-state index >= 15 is 0 Å². The molecule has 7 heteroatoms. The second kappa shape index (κ2) is 10.7. The normalized spacial score (nSPS) is 12.1. The molecule has 1 rings (SSSR count). The lowest BCUT2D eigenvalue weighted by Crippen LogP contribution is -2.22. The fourth-order valence-corrected chi connectivity index (χ4v) is 3.29. The Labute approximate surface area is 157 Å². The molecule has 0 aliphatic rings. The second-order valence-electron chi connectivity index (χ2n) is 5.91. The van der Waals surface area contributed by atoms with E-state index in [1.165, 1.54) is 17.8 Å². The monoisotopic (exact) mass is 389 g/mol. The molecule has 0 spiro atoms. The van der Waals surface area contributed by atoms with Gasteiger partial charge in [-0.15, -0.1) is 11.8 Å². The minimum absolute atomic E-state index is 0.0695. The quantitative estimate of drug-likeness (QED) is 0.452. The van der Waals surface area contributed by atoms with Gasteiger partial charge in [-0.05, 0) is 38.8 Å². The first-order chi connectivity index (χ1) is 11.8. The molecule has 0 aromatic heterocycles. The Kier molecular flexibility index (Phi) is 9.28. The largest absolute Gasteiger partial charge is 0.462 e. The molecule has 0 fully saturated rings. The van der Waals surface area contributed by atoms with Gasteiger partial charge in [0.15, 0.2) is 0 Å². The molecule has 1 aromatic carbocycles. The Hall–Kier alpha value is -1.27. The van der Waals surface area contributed by atoms with Crippen LogP contribution in [0, 0.1) is 5.82 Å². The molecule has 0 aliphatic carbocycles. The summed E-state index contributed by atoms with van der Waals surface area (Å²) in [5.41, 5.74) is 0.0695. The molecule has 1 unspecified atom stereocenters. The number of halogens is 2. The van der Waals surface area contributed by atoms with Crippen LogP contribution in [0.1, 0.15) is 53.4 Å². The molecule has 1 amide bonds. The van der Waals surface area contributed by atoms with Gasteiger partial charge in [0.25, 0.3) is 0 Å². The van der Waals surface area contributed by atoms with Crippen LogP contribution in [-0.2, 0) is 14.3 Å². The van der Waals surface area contributed by atoms with Crippen molar-refractivity contribution in [3.05, 3.63) is 23.0 Å². The van der Waals surface area contributed by atoms with Crippen LogP contribution in [0.15, 0.2) is 17.0 Å². The average Bonchev–Trinajstić information content (AvgIpc) is 2.53. The highest BCUT2D eigenvalue weighted by molar-refractivity contribution is 8.00. The fraction of sp³-hybridized carbons (Fsp3) is 0.556. The lowest BCUT2D eigenvalue weighted by molar-refractivity contribution is -0.146. The number of carbonyl (C=O) groups excluding carboxylic acids is 2. The van der Waals surface area contributed by atoms with Gasteiger partial charge in [-0.2, -0.15) is 0 Å². The molecular formula is C18H25ClFNO3S. The van der Waals surface area contributed by atoms with Crippen molar-refractivity contribution >= 4 is 40.9 Å². The predicted molar refractivity (Wildman–Crippen MR) is 101 cm³/mol. The van der Waals surface area contributed by atoms with Gasteiger partial charge in [-0.1, -0.05) is 31.9 Å². The summed E-state index contributed by atoms with van der Waals surface area (Å²) in [7, 11) is 0. The lowest BCUT2D eigenvalue weighted by Gasteiger charge is -2.17. The summed E-state index contributed by atoms with van der Waals surface area (Å²) >= 11 is 7.32. The van der Waals surface area contributed by atoms with Crippen molar-refractivity contribution in [3.63, 3.8) is 0 Å². The van der Waals surface area contributed by atoms with E-state index in [2.05, 4.69) is 5.32 Å². The molecule has 0 heterocycles. The summed E-state index contributed by atoms with van der Waals surface area (Å²) in [6.07, 6.45) is 2.29. The van der Waals surface area contributed by atoms with Gasteiger partial charge >= 0.3 is 5.97 Å². The zero-order valence-electron chi connectivity index (χ0n) is 15.0. The van der Waals surface area contributed by atoms with Crippen LogP contribution in [-0.4, -0.2) is 23.2 Å². The maximum absolute atomic E-state index is 14.1. The van der Waals surface area contributed by atoms with Gasteiger partial charge in [0.1, 0.15) is 11.1 Å². The molecular weight excluding hydrogens is 365 g/mol. The third kappa shape index (κ3) is 7.24. The van der Waals surface area contributed by atoms with E-state index in [-0.39, 0.29) is 28.7 Å². The highest BCUT2D eigenvalue weighted by Crippen LogP contribution is 2.36. The van der Waals surface area contributed by atoms with E-state index in [1.807, 2.05) is 13.8 Å². The standard InChI is InChI=1S/C18H25ClFNO3S/c1-5-7-8-17(22)21-14-10-16(12(19)9-13(14)20)25-15(6-2)18(23)24-11(3)4/h9-11,15H,5-8H2,1-4H3,(H,21,22). The summed E-state index contributed by atoms with van der Waals surface area (Å²) in [5, 5.41) is 2.31. The number of rotatable bonds is 9. The summed E-state index contributed by atoms with van der Waals surface area (Å²) < 4.78 is 19.3. The van der Waals surface area contributed by atoms with E-state index < -0.39 is 11.1 Å². The van der Waals surface area contributed by atoms with Crippen LogP contribution >= 0.6 is 23.4 Å². The molecule has 25 heavy (non-hydrogen) atoms. The molecule has 1 aromatic rings. The van der Waals surface area contributed by atoms with E-state index in [1.54, 1.807) is 13.8 Å². The Morgan fingerprint density at radius 3 is 2.56 bits per heavy atom. The van der Waals surface area contributed by atoms with E-state index in [4.69, 9.17) is 16.3 Å². The molecule has 4 nitrogen and oxygen atoms in total. The summed E-state index contributed by atoms with van der Waals surface area (Å²) in [4.78, 5) is 24.5. The van der Waals surface area contributed by atoms with Crippen molar-refractivity contribution in [1.82, 2.24) is 0 Å². The van der Waals surface area contributed by atoms with Gasteiger partial charge in [0.2, 0.25) is 5.91 Å². The van der Waals surface area contributed by atoms with E-state index in [0.29, 0.717) is 17.7 Å². The molecule has 1 atom stereocenters. The number of unbranched alkanes of at least 4 members (excludes halogenated alkanes) is 1. The van der Waals surface area contributed by atoms with Crippen LogP contribution in [0.3, 0.4) is 0 Å². The minimum Gasteiger partial charge on any atom is -0.462 e. The Bertz CT molecular complexity index is 610. The number of hydrogen-bond donors (Lipinski definition) is 1. The minimum atomic E-state index is -0.600. The highest BCUT2D eigenvalue weighted by atomic mass is 35.5. The van der Waals surface area contributed by atoms with Crippen LogP contribution in [0.2, 0.25) is 5.02 Å². The number of amides is 1. The maximum atomic E-state index is 14.1.